The number of allylic oxidation sites excluding steroid dienone is 1. The minimum atomic E-state index is 0.737. The van der Waals surface area contributed by atoms with Crippen LogP contribution >= 0.6 is 11.3 Å². The standard InChI is InChI=1S/C15H24N4S/c1-12-10-18-14(20-12)11-19-15(16-2)17-9-8-13-6-4-3-5-7-13/h6,10H,3-5,7-9,11H2,1-2H3,(H2,16,17,19). The quantitative estimate of drug-likeness (QED) is 0.498. The lowest BCUT2D eigenvalue weighted by Crippen LogP contribution is -2.37. The summed E-state index contributed by atoms with van der Waals surface area (Å²) in [5.74, 6) is 0.856. The summed E-state index contributed by atoms with van der Waals surface area (Å²) >= 11 is 1.72. The smallest absolute Gasteiger partial charge is 0.191 e. The summed E-state index contributed by atoms with van der Waals surface area (Å²) < 4.78 is 0. The molecule has 4 nitrogen and oxygen atoms in total. The largest absolute Gasteiger partial charge is 0.356 e. The molecule has 5 heteroatoms. The third-order valence-corrected chi connectivity index (χ3v) is 4.34. The van der Waals surface area contributed by atoms with Crippen molar-refractivity contribution in [3.8, 4) is 0 Å². The van der Waals surface area contributed by atoms with Gasteiger partial charge < -0.3 is 10.6 Å². The average Bonchev–Trinajstić information content (AvgIpc) is 2.89. The van der Waals surface area contributed by atoms with Crippen molar-refractivity contribution in [3.63, 3.8) is 0 Å². The third-order valence-electron chi connectivity index (χ3n) is 3.42. The molecule has 0 saturated carbocycles. The van der Waals surface area contributed by atoms with Gasteiger partial charge >= 0.3 is 0 Å². The molecule has 20 heavy (non-hydrogen) atoms. The van der Waals surface area contributed by atoms with Crippen LogP contribution in [0.25, 0.3) is 0 Å². The van der Waals surface area contributed by atoms with Crippen molar-refractivity contribution in [2.45, 2.75) is 45.6 Å². The monoisotopic (exact) mass is 292 g/mol. The van der Waals surface area contributed by atoms with Gasteiger partial charge in [-0.15, -0.1) is 11.3 Å². The van der Waals surface area contributed by atoms with E-state index in [9.17, 15) is 0 Å². The molecule has 0 bridgehead atoms. The van der Waals surface area contributed by atoms with Gasteiger partial charge in [-0.3, -0.25) is 4.99 Å². The van der Waals surface area contributed by atoms with Crippen LogP contribution in [-0.4, -0.2) is 24.5 Å². The van der Waals surface area contributed by atoms with Crippen LogP contribution in [0, 0.1) is 6.92 Å². The molecule has 1 heterocycles. The predicted molar refractivity (Wildman–Crippen MR) is 86.2 cm³/mol. The zero-order chi connectivity index (χ0) is 14.2. The Morgan fingerprint density at radius 1 is 1.40 bits per heavy atom. The lowest BCUT2D eigenvalue weighted by molar-refractivity contribution is 0.665. The summed E-state index contributed by atoms with van der Waals surface area (Å²) in [7, 11) is 1.81. The van der Waals surface area contributed by atoms with Crippen LogP contribution < -0.4 is 10.6 Å². The Morgan fingerprint density at radius 3 is 2.95 bits per heavy atom. The number of aryl methyl sites for hydroxylation is 1. The molecule has 2 rings (SSSR count). The second-order valence-electron chi connectivity index (χ2n) is 5.08. The Labute approximate surface area is 125 Å². The van der Waals surface area contributed by atoms with Crippen LogP contribution in [0.5, 0.6) is 0 Å². The Bertz CT molecular complexity index is 476. The number of aliphatic imine (C=N–C) groups is 1. The van der Waals surface area contributed by atoms with E-state index in [0.717, 1.165) is 30.5 Å². The summed E-state index contributed by atoms with van der Waals surface area (Å²) in [6.45, 7) is 3.76. The van der Waals surface area contributed by atoms with E-state index in [4.69, 9.17) is 0 Å². The second kappa shape index (κ2) is 8.04. The molecule has 110 valence electrons. The number of hydrogen-bond acceptors (Lipinski definition) is 3. The van der Waals surface area contributed by atoms with Crippen molar-refractivity contribution in [3.05, 3.63) is 27.7 Å². The summed E-state index contributed by atoms with van der Waals surface area (Å²) in [5, 5.41) is 7.77. The summed E-state index contributed by atoms with van der Waals surface area (Å²) in [5.41, 5.74) is 1.59. The highest BCUT2D eigenvalue weighted by Gasteiger charge is 2.04. The normalized spacial score (nSPS) is 15.9. The van der Waals surface area contributed by atoms with E-state index in [1.807, 2.05) is 13.2 Å². The van der Waals surface area contributed by atoms with Crippen molar-refractivity contribution in [1.29, 1.82) is 0 Å². The average molecular weight is 292 g/mol. The molecule has 1 aliphatic rings. The van der Waals surface area contributed by atoms with E-state index in [-0.39, 0.29) is 0 Å². The van der Waals surface area contributed by atoms with Crippen LogP contribution in [-0.2, 0) is 6.54 Å². The molecule has 0 spiro atoms. The fraction of sp³-hybridized carbons (Fsp3) is 0.600. The first-order valence-electron chi connectivity index (χ1n) is 7.31. The van der Waals surface area contributed by atoms with Crippen LogP contribution in [0.2, 0.25) is 0 Å². The maximum absolute atomic E-state index is 4.34. The van der Waals surface area contributed by atoms with Crippen LogP contribution in [0.15, 0.2) is 22.8 Å². The van der Waals surface area contributed by atoms with Gasteiger partial charge in [-0.25, -0.2) is 4.98 Å². The van der Waals surface area contributed by atoms with Gasteiger partial charge in [-0.1, -0.05) is 11.6 Å². The number of thiazole rings is 1. The van der Waals surface area contributed by atoms with Gasteiger partial charge in [0.05, 0.1) is 6.54 Å². The zero-order valence-corrected chi connectivity index (χ0v) is 13.2. The Kier molecular flexibility index (Phi) is 6.05. The molecule has 0 radical (unpaired) electrons. The van der Waals surface area contributed by atoms with E-state index in [2.05, 4.69) is 33.6 Å². The third kappa shape index (κ3) is 4.96. The fourth-order valence-corrected chi connectivity index (χ4v) is 3.06. The molecular formula is C15H24N4S. The molecule has 0 fully saturated rings. The van der Waals surface area contributed by atoms with Gasteiger partial charge in [0, 0.05) is 24.7 Å². The topological polar surface area (TPSA) is 49.3 Å². The first kappa shape index (κ1) is 15.0. The van der Waals surface area contributed by atoms with Gasteiger partial charge in [0.1, 0.15) is 5.01 Å². The first-order chi connectivity index (χ1) is 9.78. The predicted octanol–water partition coefficient (Wildman–Crippen LogP) is 3.01. The highest BCUT2D eigenvalue weighted by Crippen LogP contribution is 2.19. The van der Waals surface area contributed by atoms with Crippen LogP contribution in [0.1, 0.15) is 42.0 Å². The molecular weight excluding hydrogens is 268 g/mol. The second-order valence-corrected chi connectivity index (χ2v) is 6.39. The molecule has 1 aromatic heterocycles. The minimum Gasteiger partial charge on any atom is -0.356 e. The van der Waals surface area contributed by atoms with Crippen molar-refractivity contribution in [1.82, 2.24) is 15.6 Å². The van der Waals surface area contributed by atoms with E-state index >= 15 is 0 Å². The Hall–Kier alpha value is -1.36. The molecule has 0 atom stereocenters. The molecule has 1 aliphatic carbocycles. The van der Waals surface area contributed by atoms with Crippen molar-refractivity contribution in [2.75, 3.05) is 13.6 Å². The highest BCUT2D eigenvalue weighted by atomic mass is 32.1. The van der Waals surface area contributed by atoms with E-state index in [1.54, 1.807) is 16.9 Å². The number of guanidine groups is 1. The van der Waals surface area contributed by atoms with E-state index in [0.29, 0.717) is 0 Å². The Morgan fingerprint density at radius 2 is 2.30 bits per heavy atom. The van der Waals surface area contributed by atoms with Crippen molar-refractivity contribution >= 4 is 17.3 Å². The number of rotatable bonds is 5. The van der Waals surface area contributed by atoms with Crippen molar-refractivity contribution in [2.24, 2.45) is 4.99 Å². The lowest BCUT2D eigenvalue weighted by atomic mass is 9.97. The summed E-state index contributed by atoms with van der Waals surface area (Å²) in [6.07, 6.45) is 10.7. The van der Waals surface area contributed by atoms with Gasteiger partial charge in [0.25, 0.3) is 0 Å². The molecule has 0 amide bonds. The molecule has 0 unspecified atom stereocenters. The molecule has 0 aliphatic heterocycles. The molecule has 2 N–H and O–H groups in total. The lowest BCUT2D eigenvalue weighted by Gasteiger charge is -2.14. The molecule has 0 aromatic carbocycles. The van der Waals surface area contributed by atoms with Gasteiger partial charge in [0.2, 0.25) is 0 Å². The van der Waals surface area contributed by atoms with E-state index < -0.39 is 0 Å². The maximum atomic E-state index is 4.34. The maximum Gasteiger partial charge on any atom is 0.191 e. The number of aromatic nitrogens is 1. The fourth-order valence-electron chi connectivity index (χ4n) is 2.34. The molecule has 0 saturated heterocycles. The first-order valence-corrected chi connectivity index (χ1v) is 8.13. The Balaban J connectivity index is 1.68. The van der Waals surface area contributed by atoms with Crippen LogP contribution in [0.4, 0.5) is 0 Å². The van der Waals surface area contributed by atoms with Gasteiger partial charge in [-0.2, -0.15) is 0 Å². The van der Waals surface area contributed by atoms with E-state index in [1.165, 1.54) is 30.6 Å². The van der Waals surface area contributed by atoms with Crippen LogP contribution in [0.3, 0.4) is 0 Å². The summed E-state index contributed by atoms with van der Waals surface area (Å²) in [6, 6.07) is 0. The van der Waals surface area contributed by atoms with Gasteiger partial charge in [-0.05, 0) is 39.0 Å². The summed E-state index contributed by atoms with van der Waals surface area (Å²) in [4.78, 5) is 9.83. The highest BCUT2D eigenvalue weighted by molar-refractivity contribution is 7.11. The number of nitrogens with zero attached hydrogens (tertiary/aromatic N) is 2. The molecule has 1 aromatic rings. The number of nitrogens with one attached hydrogen (secondary N) is 2. The number of hydrogen-bond donors (Lipinski definition) is 2. The van der Waals surface area contributed by atoms with Crippen molar-refractivity contribution < 1.29 is 0 Å². The van der Waals surface area contributed by atoms with Gasteiger partial charge in [0.15, 0.2) is 5.96 Å². The minimum absolute atomic E-state index is 0.737. The SMILES string of the molecule is CN=C(NCCC1=CCCCC1)NCc1ncc(C)s1. The zero-order valence-electron chi connectivity index (χ0n) is 12.4.